The van der Waals surface area contributed by atoms with E-state index in [1.54, 1.807) is 33.5 Å². The summed E-state index contributed by atoms with van der Waals surface area (Å²) in [4.78, 5) is 14.6. The zero-order valence-electron chi connectivity index (χ0n) is 15.3. The highest BCUT2D eigenvalue weighted by atomic mass is 35.5. The van der Waals surface area contributed by atoms with E-state index in [2.05, 4.69) is 22.5 Å². The first kappa shape index (κ1) is 21.3. The maximum Gasteiger partial charge on any atom is 0.225 e. The number of rotatable bonds is 7. The first-order chi connectivity index (χ1) is 11.6. The molecule has 142 valence electrons. The first-order valence-corrected chi connectivity index (χ1v) is 8.13. The monoisotopic (exact) mass is 373 g/mol. The largest absolute Gasteiger partial charge is 0.493 e. The van der Waals surface area contributed by atoms with E-state index in [4.69, 9.17) is 14.2 Å². The Morgan fingerprint density at radius 1 is 1.24 bits per heavy atom. The molecule has 2 N–H and O–H groups in total. The SMILES string of the molecule is COc1cc(NC(=O)CCN2CCNC[C@@H]2C)cc(OC)c1OC.Cl. The summed E-state index contributed by atoms with van der Waals surface area (Å²) in [5.74, 6) is 1.51. The van der Waals surface area contributed by atoms with E-state index in [1.165, 1.54) is 0 Å². The number of methoxy groups -OCH3 is 3. The summed E-state index contributed by atoms with van der Waals surface area (Å²) in [6.45, 7) is 5.83. The molecule has 1 fully saturated rings. The number of piperazine rings is 1. The smallest absolute Gasteiger partial charge is 0.225 e. The van der Waals surface area contributed by atoms with Crippen LogP contribution in [0.5, 0.6) is 17.2 Å². The van der Waals surface area contributed by atoms with Crippen molar-refractivity contribution >= 4 is 24.0 Å². The number of nitrogens with zero attached hydrogens (tertiary/aromatic N) is 1. The van der Waals surface area contributed by atoms with Crippen molar-refractivity contribution in [3.8, 4) is 17.2 Å². The van der Waals surface area contributed by atoms with Gasteiger partial charge in [-0.3, -0.25) is 9.69 Å². The second-order valence-corrected chi connectivity index (χ2v) is 5.80. The molecule has 1 aromatic carbocycles. The summed E-state index contributed by atoms with van der Waals surface area (Å²) in [5.41, 5.74) is 0.628. The molecule has 1 atom stereocenters. The van der Waals surface area contributed by atoms with Crippen molar-refractivity contribution in [2.75, 3.05) is 52.8 Å². The van der Waals surface area contributed by atoms with Gasteiger partial charge in [0.1, 0.15) is 0 Å². The van der Waals surface area contributed by atoms with Crippen molar-refractivity contribution in [3.63, 3.8) is 0 Å². The van der Waals surface area contributed by atoms with E-state index in [0.717, 1.165) is 26.2 Å². The second kappa shape index (κ2) is 10.3. The molecule has 1 heterocycles. The fourth-order valence-electron chi connectivity index (χ4n) is 2.84. The summed E-state index contributed by atoms with van der Waals surface area (Å²) < 4.78 is 15.9. The van der Waals surface area contributed by atoms with Crippen LogP contribution in [0.1, 0.15) is 13.3 Å². The van der Waals surface area contributed by atoms with Gasteiger partial charge in [0.25, 0.3) is 0 Å². The molecule has 8 heteroatoms. The van der Waals surface area contributed by atoms with Crippen molar-refractivity contribution in [1.82, 2.24) is 10.2 Å². The van der Waals surface area contributed by atoms with Gasteiger partial charge in [0.2, 0.25) is 11.7 Å². The fraction of sp³-hybridized carbons (Fsp3) is 0.588. The molecule has 0 bridgehead atoms. The lowest BCUT2D eigenvalue weighted by atomic mass is 10.2. The minimum absolute atomic E-state index is 0. The van der Waals surface area contributed by atoms with Crippen LogP contribution in [0.25, 0.3) is 0 Å². The van der Waals surface area contributed by atoms with Crippen LogP contribution in [0.3, 0.4) is 0 Å². The first-order valence-electron chi connectivity index (χ1n) is 8.13. The standard InChI is InChI=1S/C17H27N3O4.ClH/c1-12-11-18-6-8-20(12)7-5-16(21)19-13-9-14(22-2)17(24-4)15(10-13)23-3;/h9-10,12,18H,5-8,11H2,1-4H3,(H,19,21);1H/t12-;/m0./s1. The predicted octanol–water partition coefficient (Wildman–Crippen LogP) is 1.76. The predicted molar refractivity (Wildman–Crippen MR) is 100 cm³/mol. The lowest BCUT2D eigenvalue weighted by Gasteiger charge is -2.33. The number of nitrogens with one attached hydrogen (secondary N) is 2. The summed E-state index contributed by atoms with van der Waals surface area (Å²) >= 11 is 0. The van der Waals surface area contributed by atoms with Crippen LogP contribution in [0.2, 0.25) is 0 Å². The van der Waals surface area contributed by atoms with Gasteiger partial charge in [-0.1, -0.05) is 0 Å². The number of halogens is 1. The van der Waals surface area contributed by atoms with Crippen molar-refractivity contribution in [3.05, 3.63) is 12.1 Å². The van der Waals surface area contributed by atoms with Crippen LogP contribution in [-0.4, -0.2) is 64.4 Å². The molecule has 0 aliphatic carbocycles. The Bertz CT molecular complexity index is 546. The molecule has 0 radical (unpaired) electrons. The molecule has 0 saturated carbocycles. The summed E-state index contributed by atoms with van der Waals surface area (Å²) in [6.07, 6.45) is 0.445. The van der Waals surface area contributed by atoms with Gasteiger partial charge in [-0.25, -0.2) is 0 Å². The average Bonchev–Trinajstić information content (AvgIpc) is 2.60. The third-order valence-corrected chi connectivity index (χ3v) is 4.21. The van der Waals surface area contributed by atoms with E-state index in [1.807, 2.05) is 0 Å². The number of hydrogen-bond acceptors (Lipinski definition) is 6. The minimum Gasteiger partial charge on any atom is -0.493 e. The van der Waals surface area contributed by atoms with Crippen molar-refractivity contribution < 1.29 is 19.0 Å². The van der Waals surface area contributed by atoms with E-state index in [-0.39, 0.29) is 18.3 Å². The zero-order valence-corrected chi connectivity index (χ0v) is 16.1. The van der Waals surface area contributed by atoms with Crippen molar-refractivity contribution in [2.24, 2.45) is 0 Å². The lowest BCUT2D eigenvalue weighted by molar-refractivity contribution is -0.116. The van der Waals surface area contributed by atoms with Gasteiger partial charge < -0.3 is 24.8 Å². The molecule has 1 saturated heterocycles. The molecule has 0 spiro atoms. The minimum atomic E-state index is -0.0324. The Kier molecular flexibility index (Phi) is 8.82. The van der Waals surface area contributed by atoms with Gasteiger partial charge in [0, 0.05) is 56.5 Å². The molecular weight excluding hydrogens is 346 g/mol. The van der Waals surface area contributed by atoms with Crippen LogP contribution >= 0.6 is 12.4 Å². The Balaban J connectivity index is 0.00000312. The van der Waals surface area contributed by atoms with Gasteiger partial charge in [0.05, 0.1) is 21.3 Å². The zero-order chi connectivity index (χ0) is 17.5. The quantitative estimate of drug-likeness (QED) is 0.758. The third-order valence-electron chi connectivity index (χ3n) is 4.21. The van der Waals surface area contributed by atoms with E-state index in [0.29, 0.717) is 35.4 Å². The molecular formula is C17H28ClN3O4. The number of ether oxygens (including phenoxy) is 3. The summed E-state index contributed by atoms with van der Waals surface area (Å²) in [6, 6.07) is 3.91. The number of anilines is 1. The average molecular weight is 374 g/mol. The summed E-state index contributed by atoms with van der Waals surface area (Å²) in [7, 11) is 4.65. The van der Waals surface area contributed by atoms with Gasteiger partial charge >= 0.3 is 0 Å². The van der Waals surface area contributed by atoms with Crippen LogP contribution in [0.15, 0.2) is 12.1 Å². The van der Waals surface area contributed by atoms with Crippen LogP contribution in [0.4, 0.5) is 5.69 Å². The molecule has 2 rings (SSSR count). The molecule has 1 aliphatic rings. The highest BCUT2D eigenvalue weighted by Crippen LogP contribution is 2.39. The normalized spacial score (nSPS) is 17.4. The van der Waals surface area contributed by atoms with Gasteiger partial charge in [0.15, 0.2) is 11.5 Å². The van der Waals surface area contributed by atoms with E-state index >= 15 is 0 Å². The topological polar surface area (TPSA) is 72.1 Å². The Morgan fingerprint density at radius 2 is 1.88 bits per heavy atom. The molecule has 25 heavy (non-hydrogen) atoms. The maximum atomic E-state index is 12.2. The second-order valence-electron chi connectivity index (χ2n) is 5.80. The van der Waals surface area contributed by atoms with E-state index in [9.17, 15) is 4.79 Å². The maximum absolute atomic E-state index is 12.2. The van der Waals surface area contributed by atoms with E-state index < -0.39 is 0 Å². The number of benzene rings is 1. The third kappa shape index (κ3) is 5.66. The van der Waals surface area contributed by atoms with Gasteiger partial charge in [-0.15, -0.1) is 12.4 Å². The summed E-state index contributed by atoms with van der Waals surface area (Å²) in [5, 5.41) is 6.25. The number of carbonyl (C=O) groups excluding carboxylic acids is 1. The molecule has 7 nitrogen and oxygen atoms in total. The number of amides is 1. The molecule has 1 amide bonds. The van der Waals surface area contributed by atoms with Crippen molar-refractivity contribution in [2.45, 2.75) is 19.4 Å². The lowest BCUT2D eigenvalue weighted by Crippen LogP contribution is -2.50. The van der Waals surface area contributed by atoms with Gasteiger partial charge in [-0.2, -0.15) is 0 Å². The van der Waals surface area contributed by atoms with Crippen molar-refractivity contribution in [1.29, 1.82) is 0 Å². The van der Waals surface area contributed by atoms with Crippen LogP contribution in [-0.2, 0) is 4.79 Å². The fourth-order valence-corrected chi connectivity index (χ4v) is 2.84. The Hall–Kier alpha value is -1.70. The molecule has 1 aromatic rings. The molecule has 0 aromatic heterocycles. The Morgan fingerprint density at radius 3 is 2.40 bits per heavy atom. The van der Waals surface area contributed by atoms with Crippen LogP contribution in [0, 0.1) is 0 Å². The highest BCUT2D eigenvalue weighted by Gasteiger charge is 2.19. The number of carbonyl (C=O) groups is 1. The van der Waals surface area contributed by atoms with Crippen LogP contribution < -0.4 is 24.8 Å². The number of hydrogen-bond donors (Lipinski definition) is 2. The van der Waals surface area contributed by atoms with Gasteiger partial charge in [-0.05, 0) is 6.92 Å². The molecule has 1 aliphatic heterocycles. The Labute approximate surface area is 155 Å². The highest BCUT2D eigenvalue weighted by molar-refractivity contribution is 5.91. The molecule has 0 unspecified atom stereocenters.